The van der Waals surface area contributed by atoms with Gasteiger partial charge in [-0.3, -0.25) is 4.79 Å². The fraction of sp³-hybridized carbons (Fsp3) is 0.500. The molecule has 1 aromatic carbocycles. The fourth-order valence-corrected chi connectivity index (χ4v) is 3.09. The van der Waals surface area contributed by atoms with Gasteiger partial charge in [0.1, 0.15) is 0 Å². The average Bonchev–Trinajstić information content (AvgIpc) is 2.41. The van der Waals surface area contributed by atoms with Gasteiger partial charge in [0.25, 0.3) is 0 Å². The fourth-order valence-electron chi connectivity index (χ4n) is 2.13. The largest absolute Gasteiger partial charge is 0.391 e. The number of piperidine rings is 1. The topological polar surface area (TPSA) is 40.5 Å². The Labute approximate surface area is 122 Å². The smallest absolute Gasteiger partial charge is 0.223 e. The maximum atomic E-state index is 12.0. The Balaban J connectivity index is 1.73. The number of aliphatic hydroxyl groups excluding tert-OH is 1. The van der Waals surface area contributed by atoms with Gasteiger partial charge in [0, 0.05) is 35.2 Å². The van der Waals surface area contributed by atoms with E-state index in [2.05, 4.69) is 0 Å². The van der Waals surface area contributed by atoms with Gasteiger partial charge < -0.3 is 10.0 Å². The maximum Gasteiger partial charge on any atom is 0.223 e. The van der Waals surface area contributed by atoms with Crippen molar-refractivity contribution < 1.29 is 9.90 Å². The standard InChI is InChI=1S/C14H18ClNO2S/c15-11-3-5-13(6-4-11)19-9-7-14(18)16-8-1-2-12(17)10-16/h3-6,12,17H,1-2,7-10H2. The van der Waals surface area contributed by atoms with E-state index in [1.54, 1.807) is 16.7 Å². The van der Waals surface area contributed by atoms with Gasteiger partial charge >= 0.3 is 0 Å². The molecule has 1 saturated heterocycles. The molecular weight excluding hydrogens is 282 g/mol. The molecule has 0 bridgehead atoms. The first-order valence-electron chi connectivity index (χ1n) is 6.49. The number of carbonyl (C=O) groups excluding carboxylic acids is 1. The number of hydrogen-bond donors (Lipinski definition) is 1. The zero-order chi connectivity index (χ0) is 13.7. The van der Waals surface area contributed by atoms with E-state index in [-0.39, 0.29) is 12.0 Å². The number of likely N-dealkylation sites (tertiary alicyclic amines) is 1. The highest BCUT2D eigenvalue weighted by molar-refractivity contribution is 7.99. The van der Waals surface area contributed by atoms with Crippen molar-refractivity contribution in [3.05, 3.63) is 29.3 Å². The molecule has 1 unspecified atom stereocenters. The van der Waals surface area contributed by atoms with E-state index < -0.39 is 0 Å². The number of aliphatic hydroxyl groups is 1. The molecule has 0 saturated carbocycles. The summed E-state index contributed by atoms with van der Waals surface area (Å²) in [5.41, 5.74) is 0. The number of β-amino-alcohol motifs (C(OH)–C–C–N with tert-alkyl or cyclic N) is 1. The van der Waals surface area contributed by atoms with Crippen LogP contribution in [0.25, 0.3) is 0 Å². The Morgan fingerprint density at radius 3 is 2.84 bits per heavy atom. The predicted octanol–water partition coefficient (Wildman–Crippen LogP) is 2.81. The summed E-state index contributed by atoms with van der Waals surface area (Å²) in [6, 6.07) is 7.63. The number of carbonyl (C=O) groups is 1. The van der Waals surface area contributed by atoms with Crippen LogP contribution in [-0.2, 0) is 4.79 Å². The SMILES string of the molecule is O=C(CCSc1ccc(Cl)cc1)N1CCCC(O)C1. The van der Waals surface area contributed by atoms with E-state index in [0.717, 1.165) is 35.1 Å². The highest BCUT2D eigenvalue weighted by Crippen LogP contribution is 2.21. The first-order chi connectivity index (χ1) is 9.15. The van der Waals surface area contributed by atoms with E-state index >= 15 is 0 Å². The third kappa shape index (κ3) is 4.71. The van der Waals surface area contributed by atoms with Gasteiger partial charge in [0.15, 0.2) is 0 Å². The van der Waals surface area contributed by atoms with Gasteiger partial charge in [-0.2, -0.15) is 0 Å². The molecule has 1 heterocycles. The Morgan fingerprint density at radius 1 is 1.42 bits per heavy atom. The van der Waals surface area contributed by atoms with Crippen LogP contribution in [0.1, 0.15) is 19.3 Å². The van der Waals surface area contributed by atoms with E-state index in [1.807, 2.05) is 24.3 Å². The molecule has 1 aliphatic rings. The highest BCUT2D eigenvalue weighted by atomic mass is 35.5. The van der Waals surface area contributed by atoms with Gasteiger partial charge in [-0.15, -0.1) is 11.8 Å². The van der Waals surface area contributed by atoms with Crippen molar-refractivity contribution in [3.8, 4) is 0 Å². The van der Waals surface area contributed by atoms with Crippen LogP contribution in [0.3, 0.4) is 0 Å². The molecule has 5 heteroatoms. The predicted molar refractivity (Wildman–Crippen MR) is 78.6 cm³/mol. The number of benzene rings is 1. The molecule has 1 amide bonds. The minimum absolute atomic E-state index is 0.139. The zero-order valence-corrected chi connectivity index (χ0v) is 12.3. The Morgan fingerprint density at radius 2 is 2.16 bits per heavy atom. The second-order valence-electron chi connectivity index (χ2n) is 4.69. The quantitative estimate of drug-likeness (QED) is 0.869. The summed E-state index contributed by atoms with van der Waals surface area (Å²) in [5.74, 6) is 0.896. The maximum absolute atomic E-state index is 12.0. The lowest BCUT2D eigenvalue weighted by molar-refractivity contribution is -0.133. The minimum Gasteiger partial charge on any atom is -0.391 e. The normalized spacial score (nSPS) is 19.5. The van der Waals surface area contributed by atoms with Crippen molar-refractivity contribution in [3.63, 3.8) is 0 Å². The van der Waals surface area contributed by atoms with Crippen molar-refractivity contribution >= 4 is 29.3 Å². The monoisotopic (exact) mass is 299 g/mol. The lowest BCUT2D eigenvalue weighted by atomic mass is 10.1. The number of thioether (sulfide) groups is 1. The van der Waals surface area contributed by atoms with Crippen LogP contribution in [0.15, 0.2) is 29.2 Å². The lowest BCUT2D eigenvalue weighted by Gasteiger charge is -2.30. The molecule has 19 heavy (non-hydrogen) atoms. The van der Waals surface area contributed by atoms with Crippen LogP contribution >= 0.6 is 23.4 Å². The average molecular weight is 300 g/mol. The number of hydrogen-bond acceptors (Lipinski definition) is 3. The summed E-state index contributed by atoms with van der Waals surface area (Å²) in [6.07, 6.45) is 1.88. The van der Waals surface area contributed by atoms with Crippen LogP contribution in [-0.4, -0.2) is 40.9 Å². The van der Waals surface area contributed by atoms with E-state index in [1.165, 1.54) is 0 Å². The first-order valence-corrected chi connectivity index (χ1v) is 7.86. The molecule has 0 aromatic heterocycles. The Bertz CT molecular complexity index is 424. The molecule has 0 aliphatic carbocycles. The second kappa shape index (κ2) is 7.17. The van der Waals surface area contributed by atoms with Gasteiger partial charge in [0.2, 0.25) is 5.91 Å². The second-order valence-corrected chi connectivity index (χ2v) is 6.29. The number of nitrogens with zero attached hydrogens (tertiary/aromatic N) is 1. The summed E-state index contributed by atoms with van der Waals surface area (Å²) in [7, 11) is 0. The molecule has 0 radical (unpaired) electrons. The summed E-state index contributed by atoms with van der Waals surface area (Å²) < 4.78 is 0. The summed E-state index contributed by atoms with van der Waals surface area (Å²) in [5, 5.41) is 10.3. The summed E-state index contributed by atoms with van der Waals surface area (Å²) >= 11 is 7.47. The molecule has 0 spiro atoms. The molecule has 1 aromatic rings. The van der Waals surface area contributed by atoms with Crippen molar-refractivity contribution in [1.82, 2.24) is 4.90 Å². The van der Waals surface area contributed by atoms with Gasteiger partial charge in [-0.25, -0.2) is 0 Å². The van der Waals surface area contributed by atoms with Crippen LogP contribution < -0.4 is 0 Å². The third-order valence-corrected chi connectivity index (χ3v) is 4.41. The van der Waals surface area contributed by atoms with E-state index in [9.17, 15) is 9.90 Å². The molecule has 2 rings (SSSR count). The molecule has 1 aliphatic heterocycles. The summed E-state index contributed by atoms with van der Waals surface area (Å²) in [4.78, 5) is 14.9. The van der Waals surface area contributed by atoms with Crippen LogP contribution in [0, 0.1) is 0 Å². The van der Waals surface area contributed by atoms with E-state index in [4.69, 9.17) is 11.6 Å². The lowest BCUT2D eigenvalue weighted by Crippen LogP contribution is -2.42. The molecule has 104 valence electrons. The number of rotatable bonds is 4. The van der Waals surface area contributed by atoms with Crippen molar-refractivity contribution in [2.45, 2.75) is 30.3 Å². The van der Waals surface area contributed by atoms with Gasteiger partial charge in [-0.05, 0) is 37.1 Å². The van der Waals surface area contributed by atoms with Crippen LogP contribution in [0.4, 0.5) is 0 Å². The van der Waals surface area contributed by atoms with Crippen LogP contribution in [0.5, 0.6) is 0 Å². The number of amides is 1. The third-order valence-electron chi connectivity index (χ3n) is 3.15. The van der Waals surface area contributed by atoms with Crippen molar-refractivity contribution in [2.24, 2.45) is 0 Å². The zero-order valence-electron chi connectivity index (χ0n) is 10.7. The number of halogens is 1. The Kier molecular flexibility index (Phi) is 5.55. The van der Waals surface area contributed by atoms with Gasteiger partial charge in [-0.1, -0.05) is 11.6 Å². The van der Waals surface area contributed by atoms with E-state index in [0.29, 0.717) is 13.0 Å². The minimum atomic E-state index is -0.346. The van der Waals surface area contributed by atoms with Gasteiger partial charge in [0.05, 0.1) is 6.10 Å². The Hall–Kier alpha value is -0.710. The molecule has 1 fully saturated rings. The molecule has 3 nitrogen and oxygen atoms in total. The molecule has 1 atom stereocenters. The molecular formula is C14H18ClNO2S. The highest BCUT2D eigenvalue weighted by Gasteiger charge is 2.21. The van der Waals surface area contributed by atoms with Crippen LogP contribution in [0.2, 0.25) is 5.02 Å². The van der Waals surface area contributed by atoms with Crippen molar-refractivity contribution in [1.29, 1.82) is 0 Å². The molecule has 1 N–H and O–H groups in total. The van der Waals surface area contributed by atoms with Crippen molar-refractivity contribution in [2.75, 3.05) is 18.8 Å². The summed E-state index contributed by atoms with van der Waals surface area (Å²) in [6.45, 7) is 1.27. The first kappa shape index (κ1) is 14.7.